The van der Waals surface area contributed by atoms with Gasteiger partial charge >= 0.3 is 6.09 Å². The van der Waals surface area contributed by atoms with Crippen molar-refractivity contribution in [1.82, 2.24) is 8.61 Å². The Morgan fingerprint density at radius 1 is 0.931 bits per heavy atom. The third kappa shape index (κ3) is 8.30. The van der Waals surface area contributed by atoms with E-state index in [1.165, 1.54) is 17.7 Å². The molecule has 0 aliphatic rings. The van der Waals surface area contributed by atoms with E-state index in [0.717, 1.165) is 23.0 Å². The molecule has 5 nitrogen and oxygen atoms in total. The van der Waals surface area contributed by atoms with Crippen molar-refractivity contribution in [3.63, 3.8) is 0 Å². The van der Waals surface area contributed by atoms with Crippen LogP contribution in [0.25, 0.3) is 0 Å². The quantitative estimate of drug-likeness (QED) is 0.433. The van der Waals surface area contributed by atoms with Crippen molar-refractivity contribution in [2.75, 3.05) is 6.54 Å². The first-order chi connectivity index (χ1) is 13.7. The summed E-state index contributed by atoms with van der Waals surface area (Å²) in [6.45, 7) is 10.7. The zero-order chi connectivity index (χ0) is 21.4. The van der Waals surface area contributed by atoms with Crippen molar-refractivity contribution in [2.45, 2.75) is 53.3 Å². The average molecular weight is 415 g/mol. The Morgan fingerprint density at radius 2 is 1.41 bits per heavy atom. The smallest absolute Gasteiger partial charge is 0.421 e. The monoisotopic (exact) mass is 414 g/mol. The molecule has 6 heteroatoms. The van der Waals surface area contributed by atoms with E-state index in [1.54, 1.807) is 4.31 Å². The molecule has 156 valence electrons. The lowest BCUT2D eigenvalue weighted by molar-refractivity contribution is -0.108. The zero-order valence-electron chi connectivity index (χ0n) is 17.8. The lowest BCUT2D eigenvalue weighted by Gasteiger charge is -2.30. The molecule has 29 heavy (non-hydrogen) atoms. The Hall–Kier alpha value is -2.31. The van der Waals surface area contributed by atoms with Crippen molar-refractivity contribution in [3.8, 4) is 0 Å². The summed E-state index contributed by atoms with van der Waals surface area (Å²) in [6, 6.07) is 16.2. The van der Waals surface area contributed by atoms with Crippen LogP contribution in [0, 0.1) is 13.8 Å². The van der Waals surface area contributed by atoms with Gasteiger partial charge in [-0.15, -0.1) is 0 Å². The van der Waals surface area contributed by atoms with Crippen LogP contribution in [0.1, 0.15) is 43.0 Å². The zero-order valence-corrected chi connectivity index (χ0v) is 18.7. The molecule has 0 spiro atoms. The maximum atomic E-state index is 12.8. The lowest BCUT2D eigenvalue weighted by atomic mass is 10.1. The molecule has 0 atom stereocenters. The molecular weight excluding hydrogens is 384 g/mol. The van der Waals surface area contributed by atoms with Crippen molar-refractivity contribution >= 4 is 24.5 Å². The predicted octanol–water partition coefficient (Wildman–Crippen LogP) is 5.30. The first-order valence-corrected chi connectivity index (χ1v) is 10.4. The van der Waals surface area contributed by atoms with Crippen molar-refractivity contribution in [2.24, 2.45) is 0 Å². The number of aldehydes is 1. The van der Waals surface area contributed by atoms with E-state index < -0.39 is 11.7 Å². The molecule has 0 heterocycles. The molecule has 2 aromatic rings. The Balaban J connectivity index is 2.19. The maximum Gasteiger partial charge on any atom is 0.421 e. The van der Waals surface area contributed by atoms with Crippen molar-refractivity contribution < 1.29 is 14.3 Å². The van der Waals surface area contributed by atoms with E-state index in [0.29, 0.717) is 13.1 Å². The third-order valence-corrected chi connectivity index (χ3v) is 5.00. The molecule has 0 aliphatic heterocycles. The Morgan fingerprint density at radius 3 is 1.86 bits per heavy atom. The van der Waals surface area contributed by atoms with Crippen LogP contribution in [0.3, 0.4) is 0 Å². The third-order valence-electron chi connectivity index (χ3n) is 4.02. The van der Waals surface area contributed by atoms with Crippen LogP contribution in [-0.2, 0) is 22.6 Å². The van der Waals surface area contributed by atoms with Crippen LogP contribution in [-0.4, -0.2) is 33.1 Å². The number of carbonyl (C=O) groups is 2. The van der Waals surface area contributed by atoms with Crippen LogP contribution >= 0.6 is 12.1 Å². The highest BCUT2D eigenvalue weighted by Gasteiger charge is 2.25. The molecule has 0 saturated heterocycles. The number of benzene rings is 2. The number of nitrogens with zero attached hydrogens (tertiary/aromatic N) is 2. The summed E-state index contributed by atoms with van der Waals surface area (Å²) in [5.41, 5.74) is 3.81. The minimum atomic E-state index is -0.602. The molecule has 0 saturated carbocycles. The van der Waals surface area contributed by atoms with Gasteiger partial charge in [0.25, 0.3) is 0 Å². The molecule has 0 fully saturated rings. The van der Waals surface area contributed by atoms with Crippen molar-refractivity contribution in [3.05, 3.63) is 70.8 Å². The fourth-order valence-corrected chi connectivity index (χ4v) is 3.47. The highest BCUT2D eigenvalue weighted by atomic mass is 32.2. The lowest BCUT2D eigenvalue weighted by Crippen LogP contribution is -2.35. The second kappa shape index (κ2) is 10.5. The summed E-state index contributed by atoms with van der Waals surface area (Å²) in [6.07, 6.45) is 0.420. The molecule has 0 aliphatic carbocycles. The van der Waals surface area contributed by atoms with Crippen LogP contribution in [0.15, 0.2) is 48.5 Å². The van der Waals surface area contributed by atoms with Gasteiger partial charge in [0.2, 0.25) is 0 Å². The van der Waals surface area contributed by atoms with Crippen molar-refractivity contribution in [1.29, 1.82) is 0 Å². The van der Waals surface area contributed by atoms with E-state index in [-0.39, 0.29) is 6.54 Å². The van der Waals surface area contributed by atoms with Crippen LogP contribution in [0.4, 0.5) is 4.79 Å². The van der Waals surface area contributed by atoms with Crippen LogP contribution < -0.4 is 0 Å². The second-order valence-electron chi connectivity index (χ2n) is 8.06. The number of aryl methyl sites for hydroxylation is 2. The number of carbonyl (C=O) groups excluding carboxylic acids is 2. The predicted molar refractivity (Wildman–Crippen MR) is 118 cm³/mol. The van der Waals surface area contributed by atoms with Gasteiger partial charge < -0.3 is 9.53 Å². The summed E-state index contributed by atoms with van der Waals surface area (Å²) in [5.74, 6) is 0. The first-order valence-electron chi connectivity index (χ1n) is 9.64. The van der Waals surface area contributed by atoms with E-state index in [2.05, 4.69) is 0 Å². The SMILES string of the molecule is Cc1ccc(CN(CC=O)SN(Cc2ccc(C)cc2)C(=O)OC(C)(C)C)cc1. The average Bonchev–Trinajstić information content (AvgIpc) is 2.63. The highest BCUT2D eigenvalue weighted by Crippen LogP contribution is 2.25. The Kier molecular flexibility index (Phi) is 8.29. The van der Waals surface area contributed by atoms with Gasteiger partial charge in [-0.3, -0.25) is 0 Å². The Bertz CT molecular complexity index is 798. The molecule has 2 rings (SSSR count). The molecular formula is C23H30N2O3S. The van der Waals surface area contributed by atoms with Gasteiger partial charge in [-0.1, -0.05) is 59.7 Å². The summed E-state index contributed by atoms with van der Waals surface area (Å²) in [4.78, 5) is 24.1. The van der Waals surface area contributed by atoms with E-state index >= 15 is 0 Å². The minimum absolute atomic E-state index is 0.200. The number of rotatable bonds is 8. The van der Waals surface area contributed by atoms with Gasteiger partial charge in [-0.2, -0.15) is 0 Å². The molecule has 0 bridgehead atoms. The highest BCUT2D eigenvalue weighted by molar-refractivity contribution is 7.95. The molecule has 2 aromatic carbocycles. The minimum Gasteiger partial charge on any atom is -0.443 e. The molecule has 0 N–H and O–H groups in total. The van der Waals surface area contributed by atoms with Gasteiger partial charge in [0.05, 0.1) is 13.1 Å². The summed E-state index contributed by atoms with van der Waals surface area (Å²) in [5, 5.41) is 0. The van der Waals surface area contributed by atoms with Gasteiger partial charge in [0.15, 0.2) is 0 Å². The summed E-state index contributed by atoms with van der Waals surface area (Å²) in [7, 11) is 0. The normalized spacial score (nSPS) is 11.4. The maximum absolute atomic E-state index is 12.8. The largest absolute Gasteiger partial charge is 0.443 e. The Labute approximate surface area is 178 Å². The fraction of sp³-hybridized carbons (Fsp3) is 0.391. The fourth-order valence-electron chi connectivity index (χ4n) is 2.55. The van der Waals surface area contributed by atoms with Crippen LogP contribution in [0.2, 0.25) is 0 Å². The number of hydrogen-bond acceptors (Lipinski definition) is 5. The summed E-state index contributed by atoms with van der Waals surface area (Å²) >= 11 is 1.22. The van der Waals surface area contributed by atoms with Gasteiger partial charge in [0.1, 0.15) is 11.9 Å². The second-order valence-corrected chi connectivity index (χ2v) is 9.18. The topological polar surface area (TPSA) is 49.9 Å². The summed E-state index contributed by atoms with van der Waals surface area (Å²) < 4.78 is 9.01. The van der Waals surface area contributed by atoms with Gasteiger partial charge in [-0.05, 0) is 45.7 Å². The van der Waals surface area contributed by atoms with Crippen LogP contribution in [0.5, 0.6) is 0 Å². The molecule has 0 radical (unpaired) electrons. The van der Waals surface area contributed by atoms with Gasteiger partial charge in [-0.25, -0.2) is 13.4 Å². The molecule has 0 aromatic heterocycles. The molecule has 0 unspecified atom stereocenters. The van der Waals surface area contributed by atoms with E-state index in [4.69, 9.17) is 4.74 Å². The number of amides is 1. The van der Waals surface area contributed by atoms with E-state index in [9.17, 15) is 9.59 Å². The number of hydrogen-bond donors (Lipinski definition) is 0. The molecule has 1 amide bonds. The van der Waals surface area contributed by atoms with E-state index in [1.807, 2.05) is 87.5 Å². The number of ether oxygens (including phenoxy) is 1. The first kappa shape index (κ1) is 23.0. The standard InChI is InChI=1S/C23H30N2O3S/c1-18-6-10-20(11-7-18)16-24(14-15-26)29-25(22(27)28-23(3,4)5)17-21-12-8-19(2)9-13-21/h6-13,15H,14,16-17H2,1-5H3. The van der Waals surface area contributed by atoms with Gasteiger partial charge in [0, 0.05) is 18.7 Å².